The number of nitrogens with zero attached hydrogens (tertiary/aromatic N) is 4. The molecule has 0 saturated carbocycles. The lowest BCUT2D eigenvalue weighted by molar-refractivity contribution is -0.162. The molecule has 1 aliphatic rings. The molecule has 1 aliphatic heterocycles. The van der Waals surface area contributed by atoms with E-state index in [1.165, 1.54) is 0 Å². The number of hydrogen-bond donors (Lipinski definition) is 0. The van der Waals surface area contributed by atoms with Crippen molar-refractivity contribution < 1.29 is 19.1 Å². The molecule has 6 aromatic rings. The van der Waals surface area contributed by atoms with Crippen LogP contribution in [0.2, 0.25) is 0 Å². The Kier molecular flexibility index (Phi) is 11.6. The highest BCUT2D eigenvalue weighted by Crippen LogP contribution is 2.41. The number of benzene rings is 5. The molecule has 0 radical (unpaired) electrons. The molecule has 2 amide bonds. The molecule has 0 bridgehead atoms. The summed E-state index contributed by atoms with van der Waals surface area (Å²) in [7, 11) is 0. The third-order valence-electron chi connectivity index (χ3n) is 10.5. The fourth-order valence-electron chi connectivity index (χ4n) is 7.89. The minimum atomic E-state index is -0.798. The summed E-state index contributed by atoms with van der Waals surface area (Å²) < 4.78 is 7.63. The molecule has 278 valence electrons. The van der Waals surface area contributed by atoms with Gasteiger partial charge < -0.3 is 19.1 Å². The fourth-order valence-corrected chi connectivity index (χ4v) is 7.89. The maximum atomic E-state index is 14.5. The van der Waals surface area contributed by atoms with Crippen LogP contribution in [0.4, 0.5) is 0 Å². The first kappa shape index (κ1) is 37.1. The number of ether oxygens (including phenoxy) is 1. The smallest absolute Gasteiger partial charge is 0.329 e. The van der Waals surface area contributed by atoms with Crippen LogP contribution in [-0.2, 0) is 43.9 Å². The zero-order valence-electron chi connectivity index (χ0n) is 31.1. The van der Waals surface area contributed by atoms with Gasteiger partial charge in [0.2, 0.25) is 11.8 Å². The standard InChI is InChI=1S/C47H46N4O4/c1-2-55-46(54)43(33-37-20-10-4-11-21-37)51-31-30-50(42(45(51)53)32-36-18-8-3-9-19-36)44(52)29-28-41-34-49(35-48-41)47(38-22-12-5-13-23-38,39-24-14-6-15-25-39)40-26-16-7-17-27-40/h3-27,34-35,42-43H,2,28-33H2,1H3/t42-,43-/m0/s1. The second kappa shape index (κ2) is 17.2. The average Bonchev–Trinajstić information content (AvgIpc) is 3.71. The lowest BCUT2D eigenvalue weighted by Gasteiger charge is -2.43. The molecule has 1 fully saturated rings. The monoisotopic (exact) mass is 730 g/mol. The van der Waals surface area contributed by atoms with E-state index in [-0.39, 0.29) is 31.4 Å². The normalized spacial score (nSPS) is 15.1. The number of rotatable bonds is 14. The maximum absolute atomic E-state index is 14.5. The van der Waals surface area contributed by atoms with Gasteiger partial charge in [0.25, 0.3) is 0 Å². The summed E-state index contributed by atoms with van der Waals surface area (Å²) in [5.74, 6) is -0.814. The number of aryl methyl sites for hydroxylation is 1. The SMILES string of the molecule is CCOC(=O)[C@H](Cc1ccccc1)N1CCN(C(=O)CCc2cn(C(c3ccccc3)(c3ccccc3)c3ccccc3)cn2)[C@@H](Cc2ccccc2)C1=O. The van der Waals surface area contributed by atoms with E-state index in [1.54, 1.807) is 16.7 Å². The van der Waals surface area contributed by atoms with Crippen molar-refractivity contribution >= 4 is 17.8 Å². The number of amides is 2. The Bertz CT molecular complexity index is 2060. The minimum absolute atomic E-state index is 0.125. The van der Waals surface area contributed by atoms with Crippen LogP contribution < -0.4 is 0 Å². The van der Waals surface area contributed by atoms with Crippen molar-refractivity contribution in [3.05, 3.63) is 198 Å². The van der Waals surface area contributed by atoms with E-state index < -0.39 is 23.6 Å². The number of esters is 1. The van der Waals surface area contributed by atoms with Gasteiger partial charge >= 0.3 is 5.97 Å². The largest absolute Gasteiger partial charge is 0.464 e. The fraction of sp³-hybridized carbons (Fsp3) is 0.234. The van der Waals surface area contributed by atoms with Crippen LogP contribution in [0.1, 0.15) is 46.9 Å². The third kappa shape index (κ3) is 7.99. The second-order valence-electron chi connectivity index (χ2n) is 13.9. The number of piperazine rings is 1. The van der Waals surface area contributed by atoms with Gasteiger partial charge in [-0.3, -0.25) is 9.59 Å². The lowest BCUT2D eigenvalue weighted by atomic mass is 9.77. The van der Waals surface area contributed by atoms with Crippen molar-refractivity contribution in [2.24, 2.45) is 0 Å². The number of carbonyl (C=O) groups excluding carboxylic acids is 3. The van der Waals surface area contributed by atoms with E-state index in [4.69, 9.17) is 9.72 Å². The second-order valence-corrected chi connectivity index (χ2v) is 13.9. The van der Waals surface area contributed by atoms with Crippen LogP contribution in [0.25, 0.3) is 0 Å². The third-order valence-corrected chi connectivity index (χ3v) is 10.5. The van der Waals surface area contributed by atoms with Gasteiger partial charge in [-0.05, 0) is 41.2 Å². The molecule has 2 atom stereocenters. The van der Waals surface area contributed by atoms with Crippen molar-refractivity contribution in [3.63, 3.8) is 0 Å². The van der Waals surface area contributed by atoms with Crippen LogP contribution in [0, 0.1) is 0 Å². The zero-order valence-corrected chi connectivity index (χ0v) is 31.1. The molecule has 5 aromatic carbocycles. The Morgan fingerprint density at radius 2 is 1.24 bits per heavy atom. The molecule has 0 aliphatic carbocycles. The molecule has 0 N–H and O–H groups in total. The lowest BCUT2D eigenvalue weighted by Crippen LogP contribution is -2.63. The quantitative estimate of drug-likeness (QED) is 0.0882. The first-order valence-corrected chi connectivity index (χ1v) is 19.0. The Labute approximate surface area is 323 Å². The van der Waals surface area contributed by atoms with E-state index in [9.17, 15) is 14.4 Å². The molecule has 7 rings (SSSR count). The summed E-state index contributed by atoms with van der Waals surface area (Å²) in [6.07, 6.45) is 5.14. The van der Waals surface area contributed by atoms with Gasteiger partial charge in [0.1, 0.15) is 17.6 Å². The molecule has 8 heteroatoms. The maximum Gasteiger partial charge on any atom is 0.329 e. The number of carbonyl (C=O) groups is 3. The highest BCUT2D eigenvalue weighted by Gasteiger charge is 2.43. The molecule has 2 heterocycles. The van der Waals surface area contributed by atoms with Gasteiger partial charge in [0.15, 0.2) is 0 Å². The van der Waals surface area contributed by atoms with Crippen LogP contribution in [0.15, 0.2) is 164 Å². The van der Waals surface area contributed by atoms with Crippen LogP contribution >= 0.6 is 0 Å². The van der Waals surface area contributed by atoms with Crippen LogP contribution in [-0.4, -0.2) is 68.9 Å². The van der Waals surface area contributed by atoms with Crippen LogP contribution in [0.3, 0.4) is 0 Å². The van der Waals surface area contributed by atoms with E-state index in [0.29, 0.717) is 25.8 Å². The Morgan fingerprint density at radius 1 is 0.727 bits per heavy atom. The highest BCUT2D eigenvalue weighted by molar-refractivity contribution is 5.92. The summed E-state index contributed by atoms with van der Waals surface area (Å²) >= 11 is 0. The summed E-state index contributed by atoms with van der Waals surface area (Å²) in [6.45, 7) is 2.51. The molecule has 1 saturated heterocycles. The molecule has 1 aromatic heterocycles. The van der Waals surface area contributed by atoms with Crippen molar-refractivity contribution in [3.8, 4) is 0 Å². The summed E-state index contributed by atoms with van der Waals surface area (Å²) in [5.41, 5.74) is 5.19. The Morgan fingerprint density at radius 3 is 1.76 bits per heavy atom. The summed E-state index contributed by atoms with van der Waals surface area (Å²) in [4.78, 5) is 50.3. The predicted molar refractivity (Wildman–Crippen MR) is 213 cm³/mol. The van der Waals surface area contributed by atoms with Crippen LogP contribution in [0.5, 0.6) is 0 Å². The average molecular weight is 731 g/mol. The summed E-state index contributed by atoms with van der Waals surface area (Å²) in [6, 6.07) is 49.0. The van der Waals surface area contributed by atoms with E-state index >= 15 is 0 Å². The highest BCUT2D eigenvalue weighted by atomic mass is 16.5. The molecule has 0 spiro atoms. The number of aromatic nitrogens is 2. The first-order chi connectivity index (χ1) is 27.0. The number of hydrogen-bond acceptors (Lipinski definition) is 5. The Hall–Kier alpha value is -6.28. The predicted octanol–water partition coefficient (Wildman–Crippen LogP) is 7.11. The zero-order chi connectivity index (χ0) is 38.0. The minimum Gasteiger partial charge on any atom is -0.464 e. The van der Waals surface area contributed by atoms with Crippen molar-refractivity contribution in [2.75, 3.05) is 19.7 Å². The molecular formula is C47H46N4O4. The van der Waals surface area contributed by atoms with Gasteiger partial charge in [0, 0.05) is 38.5 Å². The molecule has 0 unspecified atom stereocenters. The molecule has 55 heavy (non-hydrogen) atoms. The van der Waals surface area contributed by atoms with Crippen molar-refractivity contribution in [1.82, 2.24) is 19.4 Å². The van der Waals surface area contributed by atoms with E-state index in [2.05, 4.69) is 77.4 Å². The van der Waals surface area contributed by atoms with Crippen molar-refractivity contribution in [2.45, 2.75) is 50.2 Å². The van der Waals surface area contributed by atoms with Gasteiger partial charge in [0.05, 0.1) is 18.6 Å². The van der Waals surface area contributed by atoms with Gasteiger partial charge in [-0.25, -0.2) is 9.78 Å². The molecule has 8 nitrogen and oxygen atoms in total. The molecular weight excluding hydrogens is 685 g/mol. The van der Waals surface area contributed by atoms with E-state index in [1.807, 2.05) is 91.4 Å². The Balaban J connectivity index is 1.16. The summed E-state index contributed by atoms with van der Waals surface area (Å²) in [5, 5.41) is 0. The van der Waals surface area contributed by atoms with Gasteiger partial charge in [-0.2, -0.15) is 0 Å². The first-order valence-electron chi connectivity index (χ1n) is 19.0. The van der Waals surface area contributed by atoms with Gasteiger partial charge in [-0.1, -0.05) is 152 Å². The van der Waals surface area contributed by atoms with Gasteiger partial charge in [-0.15, -0.1) is 0 Å². The van der Waals surface area contributed by atoms with E-state index in [0.717, 1.165) is 33.5 Å². The van der Waals surface area contributed by atoms with Crippen molar-refractivity contribution in [1.29, 1.82) is 0 Å². The topological polar surface area (TPSA) is 84.7 Å². The number of imidazole rings is 1.